The van der Waals surface area contributed by atoms with Gasteiger partial charge in [-0.3, -0.25) is 4.79 Å². The Bertz CT molecular complexity index is 942. The molecule has 158 valence electrons. The average Bonchev–Trinajstić information content (AvgIpc) is 3.28. The molecule has 0 aliphatic carbocycles. The molecule has 3 aromatic rings. The molecule has 30 heavy (non-hydrogen) atoms. The van der Waals surface area contributed by atoms with Gasteiger partial charge in [-0.1, -0.05) is 67.9 Å². The summed E-state index contributed by atoms with van der Waals surface area (Å²) < 4.78 is 16.3. The number of hydrogen-bond donors (Lipinski definition) is 1. The molecule has 0 saturated heterocycles. The highest BCUT2D eigenvalue weighted by Gasteiger charge is 2.26. The Labute approximate surface area is 176 Å². The average molecular weight is 409 g/mol. The number of nitrogens with one attached hydrogen (secondary N) is 1. The van der Waals surface area contributed by atoms with Crippen molar-refractivity contribution in [2.45, 2.75) is 32.9 Å². The Morgan fingerprint density at radius 3 is 2.70 bits per heavy atom. The van der Waals surface area contributed by atoms with Gasteiger partial charge in [-0.25, -0.2) is 0 Å². The minimum Gasteiger partial charge on any atom is -0.497 e. The first-order valence-corrected chi connectivity index (χ1v) is 9.99. The summed E-state index contributed by atoms with van der Waals surface area (Å²) >= 11 is 0. The first kappa shape index (κ1) is 21.5. The van der Waals surface area contributed by atoms with Crippen molar-refractivity contribution in [3.8, 4) is 17.1 Å². The van der Waals surface area contributed by atoms with E-state index in [1.165, 1.54) is 0 Å². The van der Waals surface area contributed by atoms with Crippen molar-refractivity contribution in [3.05, 3.63) is 66.1 Å². The molecular weight excluding hydrogens is 382 g/mol. The van der Waals surface area contributed by atoms with Gasteiger partial charge in [0, 0.05) is 5.56 Å². The van der Waals surface area contributed by atoms with Crippen LogP contribution in [0, 0.1) is 5.92 Å². The first-order chi connectivity index (χ1) is 14.6. The van der Waals surface area contributed by atoms with Gasteiger partial charge in [-0.15, -0.1) is 0 Å². The zero-order chi connectivity index (χ0) is 21.3. The fourth-order valence-corrected chi connectivity index (χ4v) is 2.97. The van der Waals surface area contributed by atoms with Gasteiger partial charge in [0.25, 0.3) is 0 Å². The maximum Gasteiger partial charge on any atom is 0.249 e. The van der Waals surface area contributed by atoms with Crippen LogP contribution in [0.25, 0.3) is 11.4 Å². The van der Waals surface area contributed by atoms with Gasteiger partial charge in [-0.2, -0.15) is 4.98 Å². The van der Waals surface area contributed by atoms with Crippen LogP contribution in [0.3, 0.4) is 0 Å². The standard InChI is InChI=1S/C23H27N3O4/c1-4-16(2)21(24-20(27)15-29-14-17-9-6-5-7-10-17)23-25-22(26-30-23)18-11-8-12-19(13-18)28-3/h5-13,16,21H,4,14-15H2,1-3H3,(H,24,27). The van der Waals surface area contributed by atoms with Crippen LogP contribution >= 0.6 is 0 Å². The van der Waals surface area contributed by atoms with Gasteiger partial charge < -0.3 is 19.3 Å². The summed E-state index contributed by atoms with van der Waals surface area (Å²) in [5.41, 5.74) is 1.80. The number of benzene rings is 2. The number of ether oxygens (including phenoxy) is 2. The molecule has 2 aromatic carbocycles. The monoisotopic (exact) mass is 409 g/mol. The molecule has 2 unspecified atom stereocenters. The second kappa shape index (κ2) is 10.5. The second-order valence-electron chi connectivity index (χ2n) is 7.10. The lowest BCUT2D eigenvalue weighted by molar-refractivity contribution is -0.127. The largest absolute Gasteiger partial charge is 0.497 e. The van der Waals surface area contributed by atoms with Gasteiger partial charge >= 0.3 is 0 Å². The molecule has 0 aliphatic heterocycles. The van der Waals surface area contributed by atoms with Crippen molar-refractivity contribution >= 4 is 5.91 Å². The van der Waals surface area contributed by atoms with Crippen LogP contribution < -0.4 is 10.1 Å². The van der Waals surface area contributed by atoms with E-state index >= 15 is 0 Å². The zero-order valence-electron chi connectivity index (χ0n) is 17.5. The predicted molar refractivity (Wildman–Crippen MR) is 113 cm³/mol. The van der Waals surface area contributed by atoms with E-state index in [1.807, 2.05) is 61.5 Å². The molecule has 7 heteroatoms. The third-order valence-electron chi connectivity index (χ3n) is 4.91. The van der Waals surface area contributed by atoms with Crippen LogP contribution in [0.5, 0.6) is 5.75 Å². The quantitative estimate of drug-likeness (QED) is 0.541. The van der Waals surface area contributed by atoms with Crippen molar-refractivity contribution in [2.24, 2.45) is 5.92 Å². The Morgan fingerprint density at radius 2 is 1.97 bits per heavy atom. The summed E-state index contributed by atoms with van der Waals surface area (Å²) in [5.74, 6) is 1.42. The summed E-state index contributed by atoms with van der Waals surface area (Å²) in [5, 5.41) is 7.06. The van der Waals surface area contributed by atoms with Crippen LogP contribution in [0.15, 0.2) is 59.1 Å². The Hall–Kier alpha value is -3.19. The predicted octanol–water partition coefficient (Wildman–Crippen LogP) is 4.17. The van der Waals surface area contributed by atoms with Gasteiger partial charge in [0.05, 0.1) is 13.7 Å². The lowest BCUT2D eigenvalue weighted by atomic mass is 9.99. The fraction of sp³-hybridized carbons (Fsp3) is 0.348. The number of nitrogens with zero attached hydrogens (tertiary/aromatic N) is 2. The Kier molecular flexibility index (Phi) is 7.57. The van der Waals surface area contributed by atoms with Crippen LogP contribution in [0.2, 0.25) is 0 Å². The number of amides is 1. The molecule has 7 nitrogen and oxygen atoms in total. The summed E-state index contributed by atoms with van der Waals surface area (Å²) in [7, 11) is 1.61. The molecule has 2 atom stereocenters. The minimum atomic E-state index is -0.394. The molecule has 0 fully saturated rings. The number of methoxy groups -OCH3 is 1. The summed E-state index contributed by atoms with van der Waals surface area (Å²) in [6.45, 7) is 4.42. The molecule has 1 amide bonds. The third-order valence-corrected chi connectivity index (χ3v) is 4.91. The SMILES string of the molecule is CCC(C)C(NC(=O)COCc1ccccc1)c1nc(-c2cccc(OC)c2)no1. The highest BCUT2D eigenvalue weighted by molar-refractivity contribution is 5.77. The lowest BCUT2D eigenvalue weighted by Crippen LogP contribution is -2.35. The van der Waals surface area contributed by atoms with Crippen molar-refractivity contribution in [1.29, 1.82) is 0 Å². The molecule has 0 radical (unpaired) electrons. The third kappa shape index (κ3) is 5.67. The van der Waals surface area contributed by atoms with Crippen LogP contribution in [0.1, 0.15) is 37.8 Å². The van der Waals surface area contributed by atoms with Crippen molar-refractivity contribution < 1.29 is 18.8 Å². The van der Waals surface area contributed by atoms with Crippen LogP contribution in [-0.2, 0) is 16.1 Å². The van der Waals surface area contributed by atoms with E-state index in [0.29, 0.717) is 24.1 Å². The van der Waals surface area contributed by atoms with E-state index in [4.69, 9.17) is 14.0 Å². The molecule has 3 rings (SSSR count). The van der Waals surface area contributed by atoms with Gasteiger partial charge in [-0.05, 0) is 23.6 Å². The highest BCUT2D eigenvalue weighted by atomic mass is 16.5. The number of carbonyl (C=O) groups is 1. The lowest BCUT2D eigenvalue weighted by Gasteiger charge is -2.20. The number of rotatable bonds is 10. The maximum absolute atomic E-state index is 12.5. The molecule has 0 saturated carbocycles. The molecule has 1 heterocycles. The smallest absolute Gasteiger partial charge is 0.249 e. The second-order valence-corrected chi connectivity index (χ2v) is 7.10. The minimum absolute atomic E-state index is 0.0429. The summed E-state index contributed by atoms with van der Waals surface area (Å²) in [6, 6.07) is 16.8. The molecule has 0 bridgehead atoms. The van der Waals surface area contributed by atoms with E-state index < -0.39 is 6.04 Å². The Morgan fingerprint density at radius 1 is 1.17 bits per heavy atom. The summed E-state index contributed by atoms with van der Waals surface area (Å²) in [6.07, 6.45) is 0.840. The molecule has 0 aliphatic rings. The van der Waals surface area contributed by atoms with Crippen molar-refractivity contribution in [1.82, 2.24) is 15.5 Å². The maximum atomic E-state index is 12.5. The normalized spacial score (nSPS) is 12.9. The number of aromatic nitrogens is 2. The van der Waals surface area contributed by atoms with E-state index in [0.717, 1.165) is 17.5 Å². The van der Waals surface area contributed by atoms with Gasteiger partial charge in [0.15, 0.2) is 0 Å². The van der Waals surface area contributed by atoms with Crippen LogP contribution in [-0.4, -0.2) is 29.8 Å². The van der Waals surface area contributed by atoms with Gasteiger partial charge in [0.2, 0.25) is 17.6 Å². The van der Waals surface area contributed by atoms with E-state index in [-0.39, 0.29) is 18.4 Å². The molecule has 1 N–H and O–H groups in total. The molecule has 1 aromatic heterocycles. The number of carbonyl (C=O) groups excluding carboxylic acids is 1. The van der Waals surface area contributed by atoms with Gasteiger partial charge in [0.1, 0.15) is 18.4 Å². The van der Waals surface area contributed by atoms with E-state index in [9.17, 15) is 4.79 Å². The first-order valence-electron chi connectivity index (χ1n) is 9.99. The van der Waals surface area contributed by atoms with E-state index in [1.54, 1.807) is 7.11 Å². The van der Waals surface area contributed by atoms with Crippen molar-refractivity contribution in [3.63, 3.8) is 0 Å². The van der Waals surface area contributed by atoms with Crippen molar-refractivity contribution in [2.75, 3.05) is 13.7 Å². The summed E-state index contributed by atoms with van der Waals surface area (Å²) in [4.78, 5) is 17.0. The fourth-order valence-electron chi connectivity index (χ4n) is 2.97. The zero-order valence-corrected chi connectivity index (χ0v) is 17.5. The topological polar surface area (TPSA) is 86.5 Å². The molecule has 0 spiro atoms. The molecular formula is C23H27N3O4. The highest BCUT2D eigenvalue weighted by Crippen LogP contribution is 2.27. The Balaban J connectivity index is 1.65. The van der Waals surface area contributed by atoms with E-state index in [2.05, 4.69) is 22.4 Å². The number of hydrogen-bond acceptors (Lipinski definition) is 6. The van der Waals surface area contributed by atoms with Crippen LogP contribution in [0.4, 0.5) is 0 Å².